The van der Waals surface area contributed by atoms with Gasteiger partial charge in [-0.1, -0.05) is 5.21 Å². The lowest BCUT2D eigenvalue weighted by Gasteiger charge is -2.17. The molecule has 1 rings (SSSR count). The number of aromatic nitrogens is 3. The average molecular weight is 250 g/mol. The van der Waals surface area contributed by atoms with E-state index in [1.807, 2.05) is 0 Å². The van der Waals surface area contributed by atoms with Crippen molar-refractivity contribution in [2.75, 3.05) is 13.7 Å². The highest BCUT2D eigenvalue weighted by Crippen LogP contribution is 2.22. The second kappa shape index (κ2) is 5.48. The molecule has 1 aromatic heterocycles. The van der Waals surface area contributed by atoms with E-state index < -0.39 is 25.2 Å². The quantitative estimate of drug-likeness (QED) is 0.746. The lowest BCUT2D eigenvalue weighted by atomic mass is 10.2. The first-order valence-corrected chi connectivity index (χ1v) is 5.09. The van der Waals surface area contributed by atoms with Crippen LogP contribution in [0.3, 0.4) is 0 Å². The van der Waals surface area contributed by atoms with Crippen LogP contribution < -0.4 is 5.73 Å². The van der Waals surface area contributed by atoms with Crippen molar-refractivity contribution in [1.82, 2.24) is 15.0 Å². The SMILES string of the molecule is COC(C)c1c(CN)nnn1CC(F)(F)CO. The van der Waals surface area contributed by atoms with E-state index in [0.29, 0.717) is 11.4 Å². The second-order valence-electron chi connectivity index (χ2n) is 3.68. The van der Waals surface area contributed by atoms with E-state index in [1.165, 1.54) is 7.11 Å². The molecule has 0 aromatic carbocycles. The van der Waals surface area contributed by atoms with Crippen LogP contribution in [-0.4, -0.2) is 39.7 Å². The normalized spacial score (nSPS) is 14.0. The van der Waals surface area contributed by atoms with E-state index >= 15 is 0 Å². The van der Waals surface area contributed by atoms with Gasteiger partial charge in [-0.3, -0.25) is 0 Å². The predicted molar refractivity (Wildman–Crippen MR) is 55.4 cm³/mol. The number of aliphatic hydroxyl groups excluding tert-OH is 1. The molecule has 8 heteroatoms. The Morgan fingerprint density at radius 3 is 2.71 bits per heavy atom. The standard InChI is InChI=1S/C9H16F2N4O2/c1-6(17-2)8-7(3-12)13-14-15(8)4-9(10,11)5-16/h6,16H,3-5,12H2,1-2H3. The molecule has 0 aliphatic rings. The van der Waals surface area contributed by atoms with Crippen LogP contribution >= 0.6 is 0 Å². The van der Waals surface area contributed by atoms with Crippen molar-refractivity contribution >= 4 is 0 Å². The topological polar surface area (TPSA) is 86.2 Å². The smallest absolute Gasteiger partial charge is 0.289 e. The van der Waals surface area contributed by atoms with Gasteiger partial charge in [0.25, 0.3) is 5.92 Å². The molecule has 0 spiro atoms. The fourth-order valence-corrected chi connectivity index (χ4v) is 1.44. The number of hydrogen-bond donors (Lipinski definition) is 2. The molecule has 0 aliphatic carbocycles. The monoisotopic (exact) mass is 250 g/mol. The zero-order chi connectivity index (χ0) is 13.1. The maximum Gasteiger partial charge on any atom is 0.289 e. The largest absolute Gasteiger partial charge is 0.390 e. The molecule has 1 aromatic rings. The van der Waals surface area contributed by atoms with Crippen LogP contribution in [0.15, 0.2) is 0 Å². The summed E-state index contributed by atoms with van der Waals surface area (Å²) < 4.78 is 32.3. The number of halogens is 2. The average Bonchev–Trinajstić information content (AvgIpc) is 2.70. The summed E-state index contributed by atoms with van der Waals surface area (Å²) >= 11 is 0. The van der Waals surface area contributed by atoms with Crippen molar-refractivity contribution in [2.45, 2.75) is 32.0 Å². The van der Waals surface area contributed by atoms with E-state index in [2.05, 4.69) is 10.3 Å². The fraction of sp³-hybridized carbons (Fsp3) is 0.778. The lowest BCUT2D eigenvalue weighted by Crippen LogP contribution is -2.30. The Morgan fingerprint density at radius 2 is 2.24 bits per heavy atom. The van der Waals surface area contributed by atoms with Gasteiger partial charge >= 0.3 is 0 Å². The number of hydrogen-bond acceptors (Lipinski definition) is 5. The van der Waals surface area contributed by atoms with E-state index in [4.69, 9.17) is 15.6 Å². The number of nitrogens with two attached hydrogens (primary N) is 1. The van der Waals surface area contributed by atoms with Crippen molar-refractivity contribution in [1.29, 1.82) is 0 Å². The Balaban J connectivity index is 3.03. The third-order valence-corrected chi connectivity index (χ3v) is 2.39. The molecule has 0 fully saturated rings. The summed E-state index contributed by atoms with van der Waals surface area (Å²) in [6.45, 7) is -0.218. The zero-order valence-electron chi connectivity index (χ0n) is 9.73. The first kappa shape index (κ1) is 13.9. The van der Waals surface area contributed by atoms with Crippen molar-refractivity contribution in [3.63, 3.8) is 0 Å². The molecule has 17 heavy (non-hydrogen) atoms. The summed E-state index contributed by atoms with van der Waals surface area (Å²) in [5.74, 6) is -3.25. The molecule has 1 atom stereocenters. The van der Waals surface area contributed by atoms with Crippen molar-refractivity contribution in [3.05, 3.63) is 11.4 Å². The maximum atomic E-state index is 13.1. The Bertz CT molecular complexity index is 370. The molecule has 98 valence electrons. The molecule has 6 nitrogen and oxygen atoms in total. The molecule has 3 N–H and O–H groups in total. The summed E-state index contributed by atoms with van der Waals surface area (Å²) in [6, 6.07) is 0. The predicted octanol–water partition coefficient (Wildman–Crippen LogP) is 0.0718. The number of ether oxygens (including phenoxy) is 1. The van der Waals surface area contributed by atoms with Crippen molar-refractivity contribution < 1.29 is 18.6 Å². The number of alkyl halides is 2. The maximum absolute atomic E-state index is 13.1. The molecular formula is C9H16F2N4O2. The van der Waals surface area contributed by atoms with Crippen LogP contribution in [0.5, 0.6) is 0 Å². The highest BCUT2D eigenvalue weighted by atomic mass is 19.3. The second-order valence-corrected chi connectivity index (χ2v) is 3.68. The van der Waals surface area contributed by atoms with Gasteiger partial charge in [0.15, 0.2) is 0 Å². The molecular weight excluding hydrogens is 234 g/mol. The van der Waals surface area contributed by atoms with Gasteiger partial charge < -0.3 is 15.6 Å². The molecule has 1 heterocycles. The van der Waals surface area contributed by atoms with Gasteiger partial charge in [0, 0.05) is 13.7 Å². The van der Waals surface area contributed by atoms with Crippen LogP contribution in [0.2, 0.25) is 0 Å². The highest BCUT2D eigenvalue weighted by Gasteiger charge is 2.31. The van der Waals surface area contributed by atoms with Crippen LogP contribution in [-0.2, 0) is 17.8 Å². The van der Waals surface area contributed by atoms with Crippen molar-refractivity contribution in [3.8, 4) is 0 Å². The first-order chi connectivity index (χ1) is 7.95. The van der Waals surface area contributed by atoms with Gasteiger partial charge in [-0.25, -0.2) is 13.5 Å². The fourth-order valence-electron chi connectivity index (χ4n) is 1.44. The molecule has 1 unspecified atom stereocenters. The third kappa shape index (κ3) is 3.18. The Kier molecular flexibility index (Phi) is 4.49. The summed E-state index contributed by atoms with van der Waals surface area (Å²) in [7, 11) is 1.45. The number of aliphatic hydroxyl groups is 1. The Hall–Kier alpha value is -1.12. The first-order valence-electron chi connectivity index (χ1n) is 5.09. The zero-order valence-corrected chi connectivity index (χ0v) is 9.73. The van der Waals surface area contributed by atoms with Crippen LogP contribution in [0.4, 0.5) is 8.78 Å². The third-order valence-electron chi connectivity index (χ3n) is 2.39. The minimum atomic E-state index is -3.25. The van der Waals surface area contributed by atoms with Crippen molar-refractivity contribution in [2.24, 2.45) is 5.73 Å². The Labute approximate surface area is 97.4 Å². The minimum Gasteiger partial charge on any atom is -0.390 e. The van der Waals surface area contributed by atoms with Gasteiger partial charge in [0.05, 0.1) is 11.8 Å². The summed E-state index contributed by atoms with van der Waals surface area (Å²) in [4.78, 5) is 0. The van der Waals surface area contributed by atoms with E-state index in [0.717, 1.165) is 4.68 Å². The molecule has 0 amide bonds. The number of nitrogens with zero attached hydrogens (tertiary/aromatic N) is 3. The van der Waals surface area contributed by atoms with E-state index in [-0.39, 0.29) is 6.54 Å². The van der Waals surface area contributed by atoms with Gasteiger partial charge in [-0.15, -0.1) is 5.10 Å². The number of methoxy groups -OCH3 is 1. The summed E-state index contributed by atoms with van der Waals surface area (Å²) in [5, 5.41) is 15.9. The van der Waals surface area contributed by atoms with Crippen LogP contribution in [0.25, 0.3) is 0 Å². The van der Waals surface area contributed by atoms with E-state index in [9.17, 15) is 8.78 Å². The summed E-state index contributed by atoms with van der Waals surface area (Å²) in [5.41, 5.74) is 6.26. The van der Waals surface area contributed by atoms with Gasteiger partial charge in [0.2, 0.25) is 0 Å². The summed E-state index contributed by atoms with van der Waals surface area (Å²) in [6.07, 6.45) is -0.446. The van der Waals surface area contributed by atoms with Gasteiger partial charge in [0.1, 0.15) is 18.8 Å². The minimum absolute atomic E-state index is 0.0910. The highest BCUT2D eigenvalue weighted by molar-refractivity contribution is 5.13. The lowest BCUT2D eigenvalue weighted by molar-refractivity contribution is -0.0671. The molecule has 0 bridgehead atoms. The van der Waals surface area contributed by atoms with Gasteiger partial charge in [-0.05, 0) is 6.92 Å². The van der Waals surface area contributed by atoms with Gasteiger partial charge in [-0.2, -0.15) is 0 Å². The van der Waals surface area contributed by atoms with Crippen LogP contribution in [0, 0.1) is 0 Å². The molecule has 0 radical (unpaired) electrons. The molecule has 0 saturated carbocycles. The Morgan fingerprint density at radius 1 is 1.59 bits per heavy atom. The van der Waals surface area contributed by atoms with E-state index in [1.54, 1.807) is 6.92 Å². The molecule has 0 aliphatic heterocycles. The molecule has 0 saturated heterocycles. The van der Waals surface area contributed by atoms with Crippen LogP contribution in [0.1, 0.15) is 24.4 Å². The number of rotatable bonds is 6.